The van der Waals surface area contributed by atoms with Crippen molar-refractivity contribution in [1.82, 2.24) is 9.88 Å². The van der Waals surface area contributed by atoms with E-state index in [0.29, 0.717) is 34.0 Å². The Labute approximate surface area is 166 Å². The molecule has 140 valence electrons. The zero-order valence-corrected chi connectivity index (χ0v) is 17.4. The molecule has 0 aliphatic carbocycles. The number of nitrogens with one attached hydrogen (secondary N) is 1. The minimum Gasteiger partial charge on any atom is -0.344 e. The molecule has 0 radical (unpaired) electrons. The van der Waals surface area contributed by atoms with Gasteiger partial charge in [-0.15, -0.1) is 11.3 Å². The third-order valence-electron chi connectivity index (χ3n) is 3.64. The first-order valence-electron chi connectivity index (χ1n) is 7.90. The van der Waals surface area contributed by atoms with Crippen LogP contribution >= 0.6 is 34.5 Å². The van der Waals surface area contributed by atoms with Crippen LogP contribution in [0.15, 0.2) is 23.6 Å². The maximum atomic E-state index is 12.2. The van der Waals surface area contributed by atoms with Gasteiger partial charge in [0.05, 0.1) is 22.8 Å². The van der Waals surface area contributed by atoms with Gasteiger partial charge in [-0.2, -0.15) is 0 Å². The SMILES string of the molecule is CC(=O)N(c1ccc(Cl)c(Cl)c1)c1nc(C[NH+](C)CC(=O)N(C)C)cs1. The Morgan fingerprint density at radius 1 is 1.23 bits per heavy atom. The fourth-order valence-electron chi connectivity index (χ4n) is 2.32. The largest absolute Gasteiger partial charge is 0.344 e. The lowest BCUT2D eigenvalue weighted by molar-refractivity contribution is -0.886. The van der Waals surface area contributed by atoms with Crippen LogP contribution in [0.5, 0.6) is 0 Å². The molecule has 1 aromatic heterocycles. The number of carbonyl (C=O) groups is 2. The van der Waals surface area contributed by atoms with Crippen molar-refractivity contribution in [2.24, 2.45) is 0 Å². The molecule has 26 heavy (non-hydrogen) atoms. The quantitative estimate of drug-likeness (QED) is 0.786. The summed E-state index contributed by atoms with van der Waals surface area (Å²) in [7, 11) is 5.40. The summed E-state index contributed by atoms with van der Waals surface area (Å²) < 4.78 is 0. The van der Waals surface area contributed by atoms with Gasteiger partial charge in [-0.1, -0.05) is 23.2 Å². The van der Waals surface area contributed by atoms with Gasteiger partial charge in [-0.05, 0) is 18.2 Å². The second kappa shape index (κ2) is 8.81. The zero-order chi connectivity index (χ0) is 19.4. The molecule has 0 aliphatic rings. The molecule has 2 amide bonds. The number of thiazole rings is 1. The van der Waals surface area contributed by atoms with E-state index in [4.69, 9.17) is 23.2 Å². The van der Waals surface area contributed by atoms with Crippen LogP contribution in [0.2, 0.25) is 10.0 Å². The van der Waals surface area contributed by atoms with E-state index in [1.165, 1.54) is 23.2 Å². The molecule has 1 unspecified atom stereocenters. The van der Waals surface area contributed by atoms with E-state index in [9.17, 15) is 9.59 Å². The van der Waals surface area contributed by atoms with Crippen molar-refractivity contribution in [3.63, 3.8) is 0 Å². The molecule has 0 saturated carbocycles. The predicted octanol–water partition coefficient (Wildman–Crippen LogP) is 2.24. The summed E-state index contributed by atoms with van der Waals surface area (Å²) in [5.74, 6) is -0.119. The number of hydrogen-bond acceptors (Lipinski definition) is 4. The van der Waals surface area contributed by atoms with Gasteiger partial charge in [0.1, 0.15) is 12.2 Å². The van der Waals surface area contributed by atoms with E-state index in [2.05, 4.69) is 4.98 Å². The van der Waals surface area contributed by atoms with Gasteiger partial charge in [0.25, 0.3) is 5.91 Å². The van der Waals surface area contributed by atoms with Crippen LogP contribution in [-0.2, 0) is 16.1 Å². The Hall–Kier alpha value is -1.67. The molecule has 2 rings (SSSR count). The van der Waals surface area contributed by atoms with Crippen molar-refractivity contribution in [1.29, 1.82) is 0 Å². The number of anilines is 2. The van der Waals surface area contributed by atoms with E-state index < -0.39 is 0 Å². The average molecular weight is 416 g/mol. The smallest absolute Gasteiger partial charge is 0.277 e. The Morgan fingerprint density at radius 2 is 1.92 bits per heavy atom. The Kier molecular flexibility index (Phi) is 7.00. The topological polar surface area (TPSA) is 58.0 Å². The highest BCUT2D eigenvalue weighted by molar-refractivity contribution is 7.14. The molecule has 2 aromatic rings. The minimum absolute atomic E-state index is 0.0547. The lowest BCUT2D eigenvalue weighted by Gasteiger charge is -2.18. The highest BCUT2D eigenvalue weighted by atomic mass is 35.5. The summed E-state index contributed by atoms with van der Waals surface area (Å²) in [6.45, 7) is 2.43. The number of hydrogen-bond donors (Lipinski definition) is 1. The molecule has 1 atom stereocenters. The standard InChI is InChI=1S/C17H20Cl2N4O2S/c1-11(24)23(13-5-6-14(18)15(19)7-13)17-20-12(10-26-17)8-22(4)9-16(25)21(2)3/h5-7,10H,8-9H2,1-4H3/p+1. The van der Waals surface area contributed by atoms with Crippen LogP contribution in [0.3, 0.4) is 0 Å². The number of nitrogens with zero attached hydrogens (tertiary/aromatic N) is 3. The van der Waals surface area contributed by atoms with E-state index in [0.717, 1.165) is 10.6 Å². The van der Waals surface area contributed by atoms with Crippen molar-refractivity contribution >= 4 is 57.2 Å². The van der Waals surface area contributed by atoms with Crippen LogP contribution in [0.4, 0.5) is 10.8 Å². The van der Waals surface area contributed by atoms with E-state index in [1.54, 1.807) is 37.2 Å². The molecular weight excluding hydrogens is 395 g/mol. The maximum absolute atomic E-state index is 12.2. The molecule has 0 bridgehead atoms. The summed E-state index contributed by atoms with van der Waals surface area (Å²) in [5, 5.41) is 3.25. The van der Waals surface area contributed by atoms with Crippen molar-refractivity contribution in [3.8, 4) is 0 Å². The maximum Gasteiger partial charge on any atom is 0.277 e. The van der Waals surface area contributed by atoms with Crippen molar-refractivity contribution in [2.45, 2.75) is 13.5 Å². The Bertz CT molecular complexity index is 810. The third kappa shape index (κ3) is 5.17. The molecule has 1 aromatic carbocycles. The number of quaternary nitrogens is 1. The van der Waals surface area contributed by atoms with Gasteiger partial charge < -0.3 is 9.80 Å². The second-order valence-electron chi connectivity index (χ2n) is 6.17. The zero-order valence-electron chi connectivity index (χ0n) is 15.0. The van der Waals surface area contributed by atoms with Crippen LogP contribution in [0.25, 0.3) is 0 Å². The molecule has 0 saturated heterocycles. The minimum atomic E-state index is -0.173. The highest BCUT2D eigenvalue weighted by Crippen LogP contribution is 2.33. The number of amides is 2. The van der Waals surface area contributed by atoms with Gasteiger partial charge in [0, 0.05) is 26.4 Å². The molecule has 6 nitrogen and oxygen atoms in total. The van der Waals surface area contributed by atoms with Crippen LogP contribution in [0.1, 0.15) is 12.6 Å². The molecule has 1 heterocycles. The molecule has 0 fully saturated rings. The second-order valence-corrected chi connectivity index (χ2v) is 7.82. The van der Waals surface area contributed by atoms with Crippen LogP contribution < -0.4 is 9.80 Å². The van der Waals surface area contributed by atoms with Gasteiger partial charge in [-0.25, -0.2) is 4.98 Å². The lowest BCUT2D eigenvalue weighted by atomic mass is 10.3. The Balaban J connectivity index is 2.18. The van der Waals surface area contributed by atoms with Crippen molar-refractivity contribution < 1.29 is 14.5 Å². The summed E-state index contributed by atoms with van der Waals surface area (Å²) in [6.07, 6.45) is 0. The summed E-state index contributed by atoms with van der Waals surface area (Å²) >= 11 is 13.4. The van der Waals surface area contributed by atoms with Crippen LogP contribution in [0, 0.1) is 0 Å². The van der Waals surface area contributed by atoms with Gasteiger partial charge >= 0.3 is 0 Å². The predicted molar refractivity (Wildman–Crippen MR) is 106 cm³/mol. The summed E-state index contributed by atoms with van der Waals surface area (Å²) in [5.41, 5.74) is 1.43. The molecular formula is C17H21Cl2N4O2S+. The number of aromatic nitrogens is 1. The first-order valence-corrected chi connectivity index (χ1v) is 9.54. The lowest BCUT2D eigenvalue weighted by Crippen LogP contribution is -3.08. The highest BCUT2D eigenvalue weighted by Gasteiger charge is 2.20. The summed E-state index contributed by atoms with van der Waals surface area (Å²) in [4.78, 5) is 32.6. The monoisotopic (exact) mass is 415 g/mol. The van der Waals surface area contributed by atoms with E-state index in [-0.39, 0.29) is 11.8 Å². The normalized spacial score (nSPS) is 11.9. The third-order valence-corrected chi connectivity index (χ3v) is 5.26. The first kappa shape index (κ1) is 20.6. The van der Waals surface area contributed by atoms with Gasteiger partial charge in [-0.3, -0.25) is 14.5 Å². The van der Waals surface area contributed by atoms with E-state index >= 15 is 0 Å². The van der Waals surface area contributed by atoms with Crippen LogP contribution in [-0.4, -0.2) is 49.4 Å². The number of rotatable bonds is 6. The average Bonchev–Trinajstić information content (AvgIpc) is 2.98. The summed E-state index contributed by atoms with van der Waals surface area (Å²) in [6, 6.07) is 5.01. The van der Waals surface area contributed by atoms with Gasteiger partial charge in [0.2, 0.25) is 5.91 Å². The first-order chi connectivity index (χ1) is 12.2. The molecule has 0 spiro atoms. The molecule has 9 heteroatoms. The fraction of sp³-hybridized carbons (Fsp3) is 0.353. The van der Waals surface area contributed by atoms with Crippen molar-refractivity contribution in [3.05, 3.63) is 39.3 Å². The fourth-order valence-corrected chi connectivity index (χ4v) is 3.50. The number of carbonyl (C=O) groups excluding carboxylic acids is 2. The number of likely N-dealkylation sites (N-methyl/N-ethyl adjacent to an activating group) is 2. The molecule has 0 aliphatic heterocycles. The van der Waals surface area contributed by atoms with Gasteiger partial charge in [0.15, 0.2) is 11.7 Å². The Morgan fingerprint density at radius 3 is 2.50 bits per heavy atom. The number of benzene rings is 1. The van der Waals surface area contributed by atoms with E-state index in [1.807, 2.05) is 12.4 Å². The molecule has 1 N–H and O–H groups in total. The van der Waals surface area contributed by atoms with Crippen molar-refractivity contribution in [2.75, 3.05) is 32.6 Å². The number of halogens is 2.